The average molecular weight is 308 g/mol. The summed E-state index contributed by atoms with van der Waals surface area (Å²) in [6.07, 6.45) is 2.55. The Bertz CT molecular complexity index is 572. The highest BCUT2D eigenvalue weighted by molar-refractivity contribution is 6.34. The maximum atomic E-state index is 5.96. The van der Waals surface area contributed by atoms with Gasteiger partial charge in [0.05, 0.1) is 0 Å². The summed E-state index contributed by atoms with van der Waals surface area (Å²) in [5, 5.41) is 1.14. The molecular formula is C16H15Cl2NO. The fourth-order valence-corrected chi connectivity index (χ4v) is 2.93. The second-order valence-electron chi connectivity index (χ2n) is 4.90. The predicted molar refractivity (Wildman–Crippen MR) is 84.4 cm³/mol. The highest BCUT2D eigenvalue weighted by Gasteiger charge is 2.12. The molecule has 0 amide bonds. The van der Waals surface area contributed by atoms with E-state index < -0.39 is 0 Å². The third-order valence-electron chi connectivity index (χ3n) is 3.38. The molecule has 2 aromatic rings. The van der Waals surface area contributed by atoms with Crippen molar-refractivity contribution in [2.75, 3.05) is 18.0 Å². The van der Waals surface area contributed by atoms with Gasteiger partial charge in [0, 0.05) is 28.8 Å². The van der Waals surface area contributed by atoms with Gasteiger partial charge in [-0.1, -0.05) is 23.2 Å². The highest BCUT2D eigenvalue weighted by Crippen LogP contribution is 2.30. The number of anilines is 1. The van der Waals surface area contributed by atoms with Crippen LogP contribution in [0.4, 0.5) is 5.69 Å². The van der Waals surface area contributed by atoms with Gasteiger partial charge in [-0.3, -0.25) is 0 Å². The zero-order valence-electron chi connectivity index (χ0n) is 11.0. The van der Waals surface area contributed by atoms with Gasteiger partial charge < -0.3 is 9.64 Å². The van der Waals surface area contributed by atoms with E-state index in [-0.39, 0.29) is 0 Å². The summed E-state index contributed by atoms with van der Waals surface area (Å²) in [6, 6.07) is 13.3. The quantitative estimate of drug-likeness (QED) is 0.754. The number of hydrogen-bond donors (Lipinski definition) is 0. The smallest absolute Gasteiger partial charge is 0.130 e. The lowest BCUT2D eigenvalue weighted by Gasteiger charge is -2.17. The molecular weight excluding hydrogens is 293 g/mol. The second kappa shape index (κ2) is 5.94. The van der Waals surface area contributed by atoms with E-state index in [1.807, 2.05) is 12.1 Å². The standard InChI is InChI=1S/C16H15Cl2NO/c17-12-9-13(18)11-16(10-12)20-15-5-3-14(4-6-15)19-7-1-2-8-19/h3-6,9-11H,1-2,7-8H2. The molecule has 104 valence electrons. The van der Waals surface area contributed by atoms with Crippen molar-refractivity contribution in [1.29, 1.82) is 0 Å². The van der Waals surface area contributed by atoms with Crippen LogP contribution in [0.1, 0.15) is 12.8 Å². The van der Waals surface area contributed by atoms with Crippen molar-refractivity contribution in [2.45, 2.75) is 12.8 Å². The molecule has 0 aliphatic carbocycles. The number of nitrogens with zero attached hydrogens (tertiary/aromatic N) is 1. The van der Waals surface area contributed by atoms with Gasteiger partial charge in [0.25, 0.3) is 0 Å². The molecule has 0 spiro atoms. The zero-order valence-corrected chi connectivity index (χ0v) is 12.5. The van der Waals surface area contributed by atoms with E-state index >= 15 is 0 Å². The Hall–Kier alpha value is -1.38. The van der Waals surface area contributed by atoms with Crippen LogP contribution in [0.3, 0.4) is 0 Å². The Labute approximate surface area is 128 Å². The molecule has 0 aromatic heterocycles. The molecule has 4 heteroatoms. The molecule has 1 aliphatic heterocycles. The van der Waals surface area contributed by atoms with Gasteiger partial charge in [-0.15, -0.1) is 0 Å². The first kappa shape index (κ1) is 13.6. The largest absolute Gasteiger partial charge is 0.457 e. The van der Waals surface area contributed by atoms with Gasteiger partial charge in [-0.05, 0) is 55.3 Å². The molecule has 1 aliphatic rings. The van der Waals surface area contributed by atoms with Gasteiger partial charge in [-0.2, -0.15) is 0 Å². The summed E-state index contributed by atoms with van der Waals surface area (Å²) in [4.78, 5) is 2.39. The van der Waals surface area contributed by atoms with Crippen LogP contribution < -0.4 is 9.64 Å². The monoisotopic (exact) mass is 307 g/mol. The van der Waals surface area contributed by atoms with Crippen molar-refractivity contribution in [2.24, 2.45) is 0 Å². The Morgan fingerprint density at radius 2 is 1.40 bits per heavy atom. The van der Waals surface area contributed by atoms with E-state index in [0.29, 0.717) is 15.8 Å². The summed E-state index contributed by atoms with van der Waals surface area (Å²) >= 11 is 11.9. The lowest BCUT2D eigenvalue weighted by molar-refractivity contribution is 0.483. The van der Waals surface area contributed by atoms with Crippen LogP contribution in [0.15, 0.2) is 42.5 Å². The number of ether oxygens (including phenoxy) is 1. The summed E-state index contributed by atoms with van der Waals surface area (Å²) in [6.45, 7) is 2.29. The lowest BCUT2D eigenvalue weighted by Crippen LogP contribution is -2.17. The maximum Gasteiger partial charge on any atom is 0.130 e. The number of hydrogen-bond acceptors (Lipinski definition) is 2. The zero-order chi connectivity index (χ0) is 13.9. The molecule has 2 nitrogen and oxygen atoms in total. The van der Waals surface area contributed by atoms with E-state index in [4.69, 9.17) is 27.9 Å². The fourth-order valence-electron chi connectivity index (χ4n) is 2.42. The number of halogens is 2. The first-order valence-electron chi connectivity index (χ1n) is 6.70. The van der Waals surface area contributed by atoms with Crippen LogP contribution in [-0.2, 0) is 0 Å². The van der Waals surface area contributed by atoms with Gasteiger partial charge >= 0.3 is 0 Å². The van der Waals surface area contributed by atoms with E-state index in [1.54, 1.807) is 18.2 Å². The number of rotatable bonds is 3. The second-order valence-corrected chi connectivity index (χ2v) is 5.77. The summed E-state index contributed by atoms with van der Waals surface area (Å²) in [5.41, 5.74) is 1.25. The van der Waals surface area contributed by atoms with Crippen LogP contribution in [0.5, 0.6) is 11.5 Å². The van der Waals surface area contributed by atoms with Gasteiger partial charge in [0.2, 0.25) is 0 Å². The maximum absolute atomic E-state index is 5.96. The van der Waals surface area contributed by atoms with Crippen LogP contribution in [-0.4, -0.2) is 13.1 Å². The number of benzene rings is 2. The van der Waals surface area contributed by atoms with E-state index in [0.717, 1.165) is 18.8 Å². The van der Waals surface area contributed by atoms with Crippen LogP contribution >= 0.6 is 23.2 Å². The average Bonchev–Trinajstić information content (AvgIpc) is 2.92. The molecule has 1 saturated heterocycles. The molecule has 3 rings (SSSR count). The molecule has 1 heterocycles. The summed E-state index contributed by atoms with van der Waals surface area (Å²) in [5.74, 6) is 1.43. The Kier molecular flexibility index (Phi) is 4.04. The van der Waals surface area contributed by atoms with Crippen LogP contribution in [0, 0.1) is 0 Å². The van der Waals surface area contributed by atoms with Crippen LogP contribution in [0.25, 0.3) is 0 Å². The summed E-state index contributed by atoms with van der Waals surface area (Å²) < 4.78 is 5.77. The van der Waals surface area contributed by atoms with Crippen molar-refractivity contribution in [3.8, 4) is 11.5 Å². The third kappa shape index (κ3) is 3.20. The molecule has 0 saturated carbocycles. The topological polar surface area (TPSA) is 12.5 Å². The van der Waals surface area contributed by atoms with Gasteiger partial charge in [0.15, 0.2) is 0 Å². The lowest BCUT2D eigenvalue weighted by atomic mass is 10.2. The first-order valence-corrected chi connectivity index (χ1v) is 7.45. The summed E-state index contributed by atoms with van der Waals surface area (Å²) in [7, 11) is 0. The van der Waals surface area contributed by atoms with Crippen LogP contribution in [0.2, 0.25) is 10.0 Å². The van der Waals surface area contributed by atoms with Gasteiger partial charge in [0.1, 0.15) is 11.5 Å². The Morgan fingerprint density at radius 1 is 0.800 bits per heavy atom. The van der Waals surface area contributed by atoms with Crippen molar-refractivity contribution in [3.63, 3.8) is 0 Å². The molecule has 0 N–H and O–H groups in total. The minimum atomic E-state index is 0.571. The van der Waals surface area contributed by atoms with Crippen molar-refractivity contribution >= 4 is 28.9 Å². The SMILES string of the molecule is Clc1cc(Cl)cc(Oc2ccc(N3CCCC3)cc2)c1. The Morgan fingerprint density at radius 3 is 2.00 bits per heavy atom. The van der Waals surface area contributed by atoms with E-state index in [1.165, 1.54) is 18.5 Å². The fraction of sp³-hybridized carbons (Fsp3) is 0.250. The first-order chi connectivity index (χ1) is 9.70. The molecule has 20 heavy (non-hydrogen) atoms. The molecule has 0 bridgehead atoms. The molecule has 0 radical (unpaired) electrons. The molecule has 0 unspecified atom stereocenters. The van der Waals surface area contributed by atoms with Gasteiger partial charge in [-0.25, -0.2) is 0 Å². The van der Waals surface area contributed by atoms with Crippen molar-refractivity contribution in [1.82, 2.24) is 0 Å². The van der Waals surface area contributed by atoms with Crippen molar-refractivity contribution < 1.29 is 4.74 Å². The third-order valence-corrected chi connectivity index (χ3v) is 3.82. The Balaban J connectivity index is 1.74. The molecule has 0 atom stereocenters. The minimum Gasteiger partial charge on any atom is -0.457 e. The molecule has 2 aromatic carbocycles. The highest BCUT2D eigenvalue weighted by atomic mass is 35.5. The van der Waals surface area contributed by atoms with E-state index in [9.17, 15) is 0 Å². The normalized spacial score (nSPS) is 14.6. The van der Waals surface area contributed by atoms with Crippen molar-refractivity contribution in [3.05, 3.63) is 52.5 Å². The predicted octanol–water partition coefficient (Wildman–Crippen LogP) is 5.39. The minimum absolute atomic E-state index is 0.571. The molecule has 1 fully saturated rings. The van der Waals surface area contributed by atoms with E-state index in [2.05, 4.69) is 17.0 Å².